The maximum absolute atomic E-state index is 7.50. The van der Waals surface area contributed by atoms with Gasteiger partial charge in [0.1, 0.15) is 5.84 Å². The van der Waals surface area contributed by atoms with Gasteiger partial charge in [-0.05, 0) is 59.8 Å². The summed E-state index contributed by atoms with van der Waals surface area (Å²) in [5, 5.41) is 7.50. The molecule has 0 spiro atoms. The molecule has 1 fully saturated rings. The minimum atomic E-state index is 0.105. The van der Waals surface area contributed by atoms with Gasteiger partial charge in [-0.3, -0.25) is 5.41 Å². The number of rotatable bonds is 2. The van der Waals surface area contributed by atoms with Crippen LogP contribution >= 0.6 is 15.9 Å². The highest BCUT2D eigenvalue weighted by Gasteiger charge is 2.23. The monoisotopic (exact) mass is 309 g/mol. The van der Waals surface area contributed by atoms with E-state index < -0.39 is 0 Å². The second-order valence-corrected chi connectivity index (χ2v) is 6.12. The zero-order valence-corrected chi connectivity index (χ0v) is 12.5. The van der Waals surface area contributed by atoms with Crippen molar-refractivity contribution in [3.05, 3.63) is 28.2 Å². The number of hydrogen-bond donors (Lipinski definition) is 2. The van der Waals surface area contributed by atoms with Crippen LogP contribution in [0.4, 0.5) is 5.69 Å². The number of halogens is 1. The van der Waals surface area contributed by atoms with Gasteiger partial charge in [-0.15, -0.1) is 0 Å². The highest BCUT2D eigenvalue weighted by molar-refractivity contribution is 9.10. The Morgan fingerprint density at radius 2 is 2.11 bits per heavy atom. The summed E-state index contributed by atoms with van der Waals surface area (Å²) >= 11 is 3.50. The summed E-state index contributed by atoms with van der Waals surface area (Å²) in [7, 11) is 0. The van der Waals surface area contributed by atoms with Crippen LogP contribution in [0.2, 0.25) is 0 Å². The van der Waals surface area contributed by atoms with Crippen molar-refractivity contribution in [2.24, 2.45) is 11.7 Å². The van der Waals surface area contributed by atoms with Gasteiger partial charge in [0.05, 0.1) is 0 Å². The van der Waals surface area contributed by atoms with E-state index in [0.717, 1.165) is 22.5 Å². The lowest BCUT2D eigenvalue weighted by molar-refractivity contribution is 0.390. The number of benzene rings is 1. The molecule has 3 nitrogen and oxygen atoms in total. The zero-order valence-electron chi connectivity index (χ0n) is 10.9. The molecular formula is C14H20BrN3. The van der Waals surface area contributed by atoms with E-state index in [0.29, 0.717) is 6.04 Å². The van der Waals surface area contributed by atoms with Crippen LogP contribution in [-0.4, -0.2) is 18.4 Å². The lowest BCUT2D eigenvalue weighted by Gasteiger charge is -2.38. The summed E-state index contributed by atoms with van der Waals surface area (Å²) in [4.78, 5) is 2.45. The molecule has 4 heteroatoms. The molecule has 98 valence electrons. The van der Waals surface area contributed by atoms with Gasteiger partial charge in [0.2, 0.25) is 0 Å². The first-order valence-corrected chi connectivity index (χ1v) is 7.19. The molecule has 0 aliphatic carbocycles. The predicted octanol–water partition coefficient (Wildman–Crippen LogP) is 3.36. The average molecular weight is 310 g/mol. The van der Waals surface area contributed by atoms with Gasteiger partial charge in [0.15, 0.2) is 0 Å². The number of nitrogens with zero attached hydrogens (tertiary/aromatic N) is 1. The average Bonchev–Trinajstić information content (AvgIpc) is 2.31. The van der Waals surface area contributed by atoms with Crippen molar-refractivity contribution in [3.8, 4) is 0 Å². The number of amidine groups is 1. The third-order valence-corrected chi connectivity index (χ3v) is 4.35. The second kappa shape index (κ2) is 5.31. The highest BCUT2D eigenvalue weighted by atomic mass is 79.9. The number of nitrogens with two attached hydrogens (primary N) is 1. The van der Waals surface area contributed by atoms with Crippen molar-refractivity contribution in [3.63, 3.8) is 0 Å². The molecule has 0 radical (unpaired) electrons. The van der Waals surface area contributed by atoms with Crippen LogP contribution < -0.4 is 10.6 Å². The van der Waals surface area contributed by atoms with E-state index in [1.165, 1.54) is 18.5 Å². The van der Waals surface area contributed by atoms with Crippen molar-refractivity contribution >= 4 is 27.5 Å². The Hall–Kier alpha value is -1.03. The molecule has 1 aromatic carbocycles. The lowest BCUT2D eigenvalue weighted by Crippen LogP contribution is -2.41. The first kappa shape index (κ1) is 13.4. The Bertz CT molecular complexity index is 458. The van der Waals surface area contributed by atoms with E-state index in [1.807, 2.05) is 6.07 Å². The van der Waals surface area contributed by atoms with Crippen LogP contribution in [0.1, 0.15) is 32.3 Å². The molecule has 18 heavy (non-hydrogen) atoms. The van der Waals surface area contributed by atoms with Crippen LogP contribution in [-0.2, 0) is 0 Å². The Kier molecular flexibility index (Phi) is 3.95. The molecule has 2 rings (SSSR count). The van der Waals surface area contributed by atoms with Gasteiger partial charge < -0.3 is 10.6 Å². The van der Waals surface area contributed by atoms with Crippen molar-refractivity contribution in [2.75, 3.05) is 11.4 Å². The quantitative estimate of drug-likeness (QED) is 0.650. The van der Waals surface area contributed by atoms with Crippen LogP contribution in [0.15, 0.2) is 22.7 Å². The van der Waals surface area contributed by atoms with Crippen molar-refractivity contribution in [1.29, 1.82) is 5.41 Å². The number of nitrogen functional groups attached to an aromatic ring is 1. The second-order valence-electron chi connectivity index (χ2n) is 5.26. The van der Waals surface area contributed by atoms with Crippen LogP contribution in [0.25, 0.3) is 0 Å². The fourth-order valence-corrected chi connectivity index (χ4v) is 3.13. The normalized spacial score (nSPS) is 24.1. The largest absolute Gasteiger partial charge is 0.384 e. The topological polar surface area (TPSA) is 53.1 Å². The molecule has 2 atom stereocenters. The zero-order chi connectivity index (χ0) is 13.3. The molecule has 2 unspecified atom stereocenters. The predicted molar refractivity (Wildman–Crippen MR) is 80.4 cm³/mol. The van der Waals surface area contributed by atoms with Crippen molar-refractivity contribution < 1.29 is 0 Å². The standard InChI is InChI=1S/C14H20BrN3/c1-9-3-4-10(2)18(8-9)11-5-6-12(14(16)17)13(15)7-11/h5-7,9-10H,3-4,8H2,1-2H3,(H3,16,17). The first-order chi connectivity index (χ1) is 8.49. The summed E-state index contributed by atoms with van der Waals surface area (Å²) in [5.41, 5.74) is 7.51. The van der Waals surface area contributed by atoms with Crippen LogP contribution in [0.5, 0.6) is 0 Å². The van der Waals surface area contributed by atoms with E-state index >= 15 is 0 Å². The molecule has 0 amide bonds. The lowest BCUT2D eigenvalue weighted by atomic mass is 9.94. The molecule has 0 bridgehead atoms. The molecule has 1 aromatic rings. The minimum absolute atomic E-state index is 0.105. The summed E-state index contributed by atoms with van der Waals surface area (Å²) < 4.78 is 0.901. The summed E-state index contributed by atoms with van der Waals surface area (Å²) in [6, 6.07) is 6.64. The molecule has 0 saturated carbocycles. The maximum Gasteiger partial charge on any atom is 0.123 e. The first-order valence-electron chi connectivity index (χ1n) is 6.39. The highest BCUT2D eigenvalue weighted by Crippen LogP contribution is 2.30. The summed E-state index contributed by atoms with van der Waals surface area (Å²) in [6.45, 7) is 5.68. The fraction of sp³-hybridized carbons (Fsp3) is 0.500. The molecule has 1 saturated heterocycles. The maximum atomic E-state index is 7.50. The van der Waals surface area contributed by atoms with E-state index in [9.17, 15) is 0 Å². The van der Waals surface area contributed by atoms with Gasteiger partial charge in [0, 0.05) is 28.3 Å². The summed E-state index contributed by atoms with van der Waals surface area (Å²) in [6.07, 6.45) is 2.55. The van der Waals surface area contributed by atoms with E-state index in [-0.39, 0.29) is 5.84 Å². The van der Waals surface area contributed by atoms with Crippen LogP contribution in [0, 0.1) is 11.3 Å². The SMILES string of the molecule is CC1CCC(C)N(c2ccc(C(=N)N)c(Br)c2)C1. The molecule has 1 heterocycles. The third-order valence-electron chi connectivity index (χ3n) is 3.69. The van der Waals surface area contributed by atoms with Gasteiger partial charge >= 0.3 is 0 Å². The number of hydrogen-bond acceptors (Lipinski definition) is 2. The Morgan fingerprint density at radius 1 is 1.39 bits per heavy atom. The molecule has 1 aliphatic heterocycles. The minimum Gasteiger partial charge on any atom is -0.384 e. The number of piperidine rings is 1. The molecule has 1 aliphatic rings. The van der Waals surface area contributed by atoms with E-state index in [1.54, 1.807) is 0 Å². The summed E-state index contributed by atoms with van der Waals surface area (Å²) in [5.74, 6) is 0.848. The fourth-order valence-electron chi connectivity index (χ4n) is 2.55. The van der Waals surface area contributed by atoms with Gasteiger partial charge in [-0.25, -0.2) is 0 Å². The van der Waals surface area contributed by atoms with Gasteiger partial charge in [-0.2, -0.15) is 0 Å². The van der Waals surface area contributed by atoms with Crippen molar-refractivity contribution in [1.82, 2.24) is 0 Å². The Labute approximate surface area is 117 Å². The molecule has 0 aromatic heterocycles. The van der Waals surface area contributed by atoms with E-state index in [2.05, 4.69) is 46.8 Å². The molecule has 3 N–H and O–H groups in total. The van der Waals surface area contributed by atoms with Gasteiger partial charge in [0.25, 0.3) is 0 Å². The number of nitrogens with one attached hydrogen (secondary N) is 1. The Balaban J connectivity index is 2.28. The van der Waals surface area contributed by atoms with Crippen molar-refractivity contribution in [2.45, 2.75) is 32.7 Å². The molecular weight excluding hydrogens is 290 g/mol. The van der Waals surface area contributed by atoms with Gasteiger partial charge in [-0.1, -0.05) is 6.92 Å². The Morgan fingerprint density at radius 3 is 2.72 bits per heavy atom. The number of anilines is 1. The van der Waals surface area contributed by atoms with Crippen LogP contribution in [0.3, 0.4) is 0 Å². The van der Waals surface area contributed by atoms with E-state index in [4.69, 9.17) is 11.1 Å². The smallest absolute Gasteiger partial charge is 0.123 e. The third kappa shape index (κ3) is 2.69.